The fourth-order valence-electron chi connectivity index (χ4n) is 4.81. The van der Waals surface area contributed by atoms with Crippen molar-refractivity contribution in [3.05, 3.63) is 11.6 Å². The third-order valence-corrected chi connectivity index (χ3v) is 5.42. The molecule has 0 heterocycles. The Bertz CT molecular complexity index is 376. The fourth-order valence-corrected chi connectivity index (χ4v) is 4.81. The minimum atomic E-state index is -0.690. The van der Waals surface area contributed by atoms with Gasteiger partial charge in [-0.05, 0) is 50.0 Å². The van der Waals surface area contributed by atoms with Gasteiger partial charge in [-0.25, -0.2) is 0 Å². The lowest BCUT2D eigenvalue weighted by Crippen LogP contribution is -2.58. The van der Waals surface area contributed by atoms with Crippen LogP contribution in [0.25, 0.3) is 0 Å². The van der Waals surface area contributed by atoms with Crippen molar-refractivity contribution in [2.45, 2.75) is 26.2 Å². The third-order valence-electron chi connectivity index (χ3n) is 5.42. The molecule has 0 aromatic rings. The molecule has 1 unspecified atom stereocenters. The van der Waals surface area contributed by atoms with Gasteiger partial charge in [0.15, 0.2) is 0 Å². The molecule has 2 fully saturated rings. The Morgan fingerprint density at radius 3 is 3.00 bits per heavy atom. The molecule has 0 spiro atoms. The number of hydrogen-bond donors (Lipinski definition) is 2. The molecule has 3 aliphatic rings. The molecule has 2 saturated carbocycles. The molecule has 0 bridgehead atoms. The maximum absolute atomic E-state index is 11.0. The van der Waals surface area contributed by atoms with Gasteiger partial charge in [-0.3, -0.25) is 4.79 Å². The van der Waals surface area contributed by atoms with Crippen molar-refractivity contribution < 1.29 is 9.90 Å². The molecule has 3 nitrogen and oxygen atoms in total. The normalized spacial score (nSPS) is 48.5. The topological polar surface area (TPSA) is 63.3 Å². The summed E-state index contributed by atoms with van der Waals surface area (Å²) in [7, 11) is 0. The summed E-state index contributed by atoms with van der Waals surface area (Å²) < 4.78 is 0. The SMILES string of the molecule is CC1=C[C@@H]2[C@@H]3C1CC[C@@H]3[C@@]2(CN)CC(=O)O. The average Bonchev–Trinajstić information content (AvgIpc) is 2.73. The zero-order valence-corrected chi connectivity index (χ0v) is 9.65. The van der Waals surface area contributed by atoms with Crippen molar-refractivity contribution in [3.8, 4) is 0 Å². The maximum atomic E-state index is 11.0. The molecule has 3 heteroatoms. The highest BCUT2D eigenvalue weighted by atomic mass is 16.4. The molecular formula is C13H19NO2. The van der Waals surface area contributed by atoms with Crippen LogP contribution in [0.1, 0.15) is 26.2 Å². The van der Waals surface area contributed by atoms with E-state index in [1.54, 1.807) is 0 Å². The van der Waals surface area contributed by atoms with Crippen LogP contribution >= 0.6 is 0 Å². The van der Waals surface area contributed by atoms with Gasteiger partial charge in [0.05, 0.1) is 6.42 Å². The number of carboxylic acid groups (broad SMARTS) is 1. The zero-order valence-electron chi connectivity index (χ0n) is 9.65. The molecule has 88 valence electrons. The summed E-state index contributed by atoms with van der Waals surface area (Å²) >= 11 is 0. The lowest BCUT2D eigenvalue weighted by molar-refractivity contribution is -0.150. The van der Waals surface area contributed by atoms with Crippen LogP contribution in [-0.4, -0.2) is 17.6 Å². The summed E-state index contributed by atoms with van der Waals surface area (Å²) in [5.41, 5.74) is 7.27. The summed E-state index contributed by atoms with van der Waals surface area (Å²) in [6, 6.07) is 0. The van der Waals surface area contributed by atoms with Crippen LogP contribution in [-0.2, 0) is 4.79 Å². The standard InChI is InChI=1S/C13H19NO2/c1-7-4-10-12-8(7)2-3-9(12)13(10,6-14)5-11(15)16/h4,8-10,12H,2-3,5-6,14H2,1H3,(H,15,16)/t8?,9-,10+,12+,13-/m0/s1. The molecule has 0 aromatic heterocycles. The molecule has 3 N–H and O–H groups in total. The summed E-state index contributed by atoms with van der Waals surface area (Å²) in [6.07, 6.45) is 5.00. The molecule has 0 saturated heterocycles. The Labute approximate surface area is 95.7 Å². The monoisotopic (exact) mass is 221 g/mol. The summed E-state index contributed by atoms with van der Waals surface area (Å²) in [5, 5.41) is 9.08. The number of aliphatic carboxylic acids is 1. The Kier molecular flexibility index (Phi) is 2.00. The highest BCUT2D eigenvalue weighted by Gasteiger charge is 2.66. The lowest BCUT2D eigenvalue weighted by Gasteiger charge is -2.57. The van der Waals surface area contributed by atoms with Crippen LogP contribution in [0.15, 0.2) is 11.6 Å². The summed E-state index contributed by atoms with van der Waals surface area (Å²) in [6.45, 7) is 2.73. The molecular weight excluding hydrogens is 202 g/mol. The molecule has 0 aromatic carbocycles. The second kappa shape index (κ2) is 3.10. The van der Waals surface area contributed by atoms with Gasteiger partial charge >= 0.3 is 5.97 Å². The van der Waals surface area contributed by atoms with Crippen LogP contribution in [0, 0.1) is 29.1 Å². The van der Waals surface area contributed by atoms with Crippen molar-refractivity contribution in [1.82, 2.24) is 0 Å². The molecule has 3 aliphatic carbocycles. The quantitative estimate of drug-likeness (QED) is 0.712. The van der Waals surface area contributed by atoms with E-state index in [1.165, 1.54) is 18.4 Å². The number of carbonyl (C=O) groups is 1. The molecule has 0 aliphatic heterocycles. The van der Waals surface area contributed by atoms with E-state index in [9.17, 15) is 4.79 Å². The first-order valence-corrected chi connectivity index (χ1v) is 6.20. The van der Waals surface area contributed by atoms with Crippen molar-refractivity contribution >= 4 is 5.97 Å². The van der Waals surface area contributed by atoms with Crippen molar-refractivity contribution in [2.75, 3.05) is 6.54 Å². The minimum absolute atomic E-state index is 0.122. The summed E-state index contributed by atoms with van der Waals surface area (Å²) in [5.74, 6) is 1.79. The number of nitrogens with two attached hydrogens (primary N) is 1. The molecule has 5 atom stereocenters. The Morgan fingerprint density at radius 1 is 1.62 bits per heavy atom. The van der Waals surface area contributed by atoms with E-state index < -0.39 is 5.97 Å². The second-order valence-corrected chi connectivity index (χ2v) is 5.81. The van der Waals surface area contributed by atoms with Gasteiger partial charge < -0.3 is 10.8 Å². The largest absolute Gasteiger partial charge is 0.481 e. The van der Waals surface area contributed by atoms with Gasteiger partial charge in [-0.15, -0.1) is 0 Å². The highest BCUT2D eigenvalue weighted by Crippen LogP contribution is 2.70. The van der Waals surface area contributed by atoms with E-state index in [2.05, 4.69) is 13.0 Å². The van der Waals surface area contributed by atoms with Crippen molar-refractivity contribution in [2.24, 2.45) is 34.8 Å². The maximum Gasteiger partial charge on any atom is 0.303 e. The van der Waals surface area contributed by atoms with Gasteiger partial charge in [-0.1, -0.05) is 11.6 Å². The van der Waals surface area contributed by atoms with Crippen LogP contribution in [0.5, 0.6) is 0 Å². The van der Waals surface area contributed by atoms with Gasteiger partial charge in [0.25, 0.3) is 0 Å². The van der Waals surface area contributed by atoms with E-state index >= 15 is 0 Å². The molecule has 0 amide bonds. The van der Waals surface area contributed by atoms with Crippen LogP contribution in [0.4, 0.5) is 0 Å². The van der Waals surface area contributed by atoms with E-state index in [1.807, 2.05) is 0 Å². The third kappa shape index (κ3) is 1.000. The summed E-state index contributed by atoms with van der Waals surface area (Å²) in [4.78, 5) is 11.0. The highest BCUT2D eigenvalue weighted by molar-refractivity contribution is 5.68. The first-order valence-electron chi connectivity index (χ1n) is 6.20. The second-order valence-electron chi connectivity index (χ2n) is 5.81. The zero-order chi connectivity index (χ0) is 11.5. The van der Waals surface area contributed by atoms with Gasteiger partial charge in [0.1, 0.15) is 0 Å². The minimum Gasteiger partial charge on any atom is -0.481 e. The van der Waals surface area contributed by atoms with Crippen molar-refractivity contribution in [1.29, 1.82) is 0 Å². The van der Waals surface area contributed by atoms with Crippen LogP contribution in [0.2, 0.25) is 0 Å². The molecule has 3 rings (SSSR count). The number of rotatable bonds is 3. The van der Waals surface area contributed by atoms with Crippen molar-refractivity contribution in [3.63, 3.8) is 0 Å². The smallest absolute Gasteiger partial charge is 0.303 e. The Morgan fingerprint density at radius 2 is 2.38 bits per heavy atom. The predicted octanol–water partition coefficient (Wildman–Crippen LogP) is 1.64. The number of allylic oxidation sites excluding steroid dienone is 2. The van der Waals surface area contributed by atoms with E-state index in [-0.39, 0.29) is 11.8 Å². The molecule has 0 radical (unpaired) electrons. The first kappa shape index (κ1) is 10.3. The van der Waals surface area contributed by atoms with E-state index in [0.717, 1.165) is 11.8 Å². The van der Waals surface area contributed by atoms with Crippen LogP contribution < -0.4 is 5.73 Å². The average molecular weight is 221 g/mol. The van der Waals surface area contributed by atoms with Crippen LogP contribution in [0.3, 0.4) is 0 Å². The van der Waals surface area contributed by atoms with Gasteiger partial charge in [0.2, 0.25) is 0 Å². The lowest BCUT2D eigenvalue weighted by atomic mass is 9.47. The number of carboxylic acids is 1. The predicted molar refractivity (Wildman–Crippen MR) is 60.7 cm³/mol. The molecule has 16 heavy (non-hydrogen) atoms. The Balaban J connectivity index is 1.95. The van der Waals surface area contributed by atoms with Gasteiger partial charge in [0, 0.05) is 5.41 Å². The fraction of sp³-hybridized carbons (Fsp3) is 0.769. The Hall–Kier alpha value is -0.830. The van der Waals surface area contributed by atoms with E-state index in [4.69, 9.17) is 10.8 Å². The number of hydrogen-bond acceptors (Lipinski definition) is 2. The van der Waals surface area contributed by atoms with E-state index in [0.29, 0.717) is 18.4 Å². The first-order chi connectivity index (χ1) is 7.60. The van der Waals surface area contributed by atoms with Gasteiger partial charge in [-0.2, -0.15) is 0 Å².